The summed E-state index contributed by atoms with van der Waals surface area (Å²) in [5.41, 5.74) is 0.348. The first-order chi connectivity index (χ1) is 8.24. The summed E-state index contributed by atoms with van der Waals surface area (Å²) in [6.07, 6.45) is 4.23. The van der Waals surface area contributed by atoms with Crippen LogP contribution in [0.5, 0.6) is 0 Å². The Morgan fingerprint density at radius 2 is 2.35 bits per heavy atom. The van der Waals surface area contributed by atoms with Crippen molar-refractivity contribution in [2.45, 2.75) is 23.5 Å². The minimum absolute atomic E-state index is 0.348. The van der Waals surface area contributed by atoms with Crippen molar-refractivity contribution >= 4 is 18.0 Å². The molecule has 0 amide bonds. The minimum atomic E-state index is -0.407. The van der Waals surface area contributed by atoms with Crippen LogP contribution in [0, 0.1) is 5.82 Å². The Bertz CT molecular complexity index is 539. The van der Waals surface area contributed by atoms with Gasteiger partial charge in [0.1, 0.15) is 5.82 Å². The first kappa shape index (κ1) is 11.9. The van der Waals surface area contributed by atoms with Gasteiger partial charge in [0, 0.05) is 29.4 Å². The van der Waals surface area contributed by atoms with Crippen LogP contribution >= 0.6 is 11.8 Å². The maximum absolute atomic E-state index is 13.0. The van der Waals surface area contributed by atoms with Gasteiger partial charge >= 0.3 is 0 Å². The molecule has 3 nitrogen and oxygen atoms in total. The molecular weight excluding hydrogens is 239 g/mol. The fourth-order valence-electron chi connectivity index (χ4n) is 1.44. The fraction of sp³-hybridized carbons (Fsp3) is 0.167. The van der Waals surface area contributed by atoms with Crippen molar-refractivity contribution in [1.29, 1.82) is 0 Å². The second-order valence-corrected chi connectivity index (χ2v) is 4.41. The van der Waals surface area contributed by atoms with Gasteiger partial charge in [-0.25, -0.2) is 9.37 Å². The molecule has 0 aliphatic rings. The first-order valence-corrected chi connectivity index (χ1v) is 6.00. The van der Waals surface area contributed by atoms with E-state index in [0.29, 0.717) is 16.7 Å². The Morgan fingerprint density at radius 1 is 1.53 bits per heavy atom. The molecule has 1 aromatic carbocycles. The minimum Gasteiger partial charge on any atom is -0.326 e. The molecule has 0 saturated heterocycles. The molecule has 88 valence electrons. The number of imidazole rings is 1. The van der Waals surface area contributed by atoms with Gasteiger partial charge in [-0.05, 0) is 25.1 Å². The number of aryl methyl sites for hydroxylation is 1. The molecule has 2 aromatic rings. The van der Waals surface area contributed by atoms with Crippen molar-refractivity contribution < 1.29 is 9.18 Å². The van der Waals surface area contributed by atoms with Crippen molar-refractivity contribution in [3.63, 3.8) is 0 Å². The molecule has 0 radical (unpaired) electrons. The van der Waals surface area contributed by atoms with Crippen LogP contribution in [0.2, 0.25) is 0 Å². The lowest BCUT2D eigenvalue weighted by Gasteiger charge is -2.06. The van der Waals surface area contributed by atoms with Gasteiger partial charge in [-0.3, -0.25) is 4.79 Å². The fourth-order valence-corrected chi connectivity index (χ4v) is 2.42. The predicted molar refractivity (Wildman–Crippen MR) is 63.8 cm³/mol. The highest BCUT2D eigenvalue weighted by atomic mass is 32.2. The van der Waals surface area contributed by atoms with E-state index < -0.39 is 5.82 Å². The standard InChI is InChI=1S/C12H11FN2OS/c1-2-15-6-5-14-12(15)17-11-4-3-10(13)7-9(11)8-16/h3-8H,2H2,1H3. The lowest BCUT2D eigenvalue weighted by atomic mass is 10.2. The van der Waals surface area contributed by atoms with Crippen LogP contribution in [0.3, 0.4) is 0 Å². The van der Waals surface area contributed by atoms with Gasteiger partial charge in [0.2, 0.25) is 0 Å². The summed E-state index contributed by atoms with van der Waals surface area (Å²) in [7, 11) is 0. The van der Waals surface area contributed by atoms with Crippen LogP contribution in [0.15, 0.2) is 40.6 Å². The van der Waals surface area contributed by atoms with E-state index in [1.807, 2.05) is 17.7 Å². The van der Waals surface area contributed by atoms with Crippen LogP contribution in [-0.2, 0) is 6.54 Å². The summed E-state index contributed by atoms with van der Waals surface area (Å²) < 4.78 is 14.9. The van der Waals surface area contributed by atoms with Crippen LogP contribution in [0.25, 0.3) is 0 Å². The number of benzene rings is 1. The highest BCUT2D eigenvalue weighted by Gasteiger charge is 2.08. The van der Waals surface area contributed by atoms with E-state index in [1.165, 1.54) is 23.9 Å². The van der Waals surface area contributed by atoms with Gasteiger partial charge < -0.3 is 4.57 Å². The lowest BCUT2D eigenvalue weighted by Crippen LogP contribution is -1.95. The molecule has 0 bridgehead atoms. The molecule has 0 unspecified atom stereocenters. The normalized spacial score (nSPS) is 10.5. The lowest BCUT2D eigenvalue weighted by molar-refractivity contribution is 0.112. The molecule has 0 fully saturated rings. The molecule has 2 rings (SSSR count). The molecular formula is C12H11FN2OS. The maximum atomic E-state index is 13.0. The summed E-state index contributed by atoms with van der Waals surface area (Å²) in [6, 6.07) is 4.17. The number of rotatable bonds is 4. The molecule has 1 aromatic heterocycles. The van der Waals surface area contributed by atoms with E-state index in [0.717, 1.165) is 11.7 Å². The van der Waals surface area contributed by atoms with E-state index in [2.05, 4.69) is 4.98 Å². The summed E-state index contributed by atoms with van der Waals surface area (Å²) in [5.74, 6) is -0.407. The third kappa shape index (κ3) is 2.55. The molecule has 0 saturated carbocycles. The van der Waals surface area contributed by atoms with Crippen LogP contribution in [-0.4, -0.2) is 15.8 Å². The molecule has 1 heterocycles. The van der Waals surface area contributed by atoms with E-state index in [9.17, 15) is 9.18 Å². The third-order valence-electron chi connectivity index (χ3n) is 2.32. The van der Waals surface area contributed by atoms with Crippen molar-refractivity contribution in [3.8, 4) is 0 Å². The highest BCUT2D eigenvalue weighted by molar-refractivity contribution is 7.99. The van der Waals surface area contributed by atoms with Gasteiger partial charge in [0.15, 0.2) is 11.4 Å². The number of hydrogen-bond acceptors (Lipinski definition) is 3. The first-order valence-electron chi connectivity index (χ1n) is 5.18. The quantitative estimate of drug-likeness (QED) is 0.782. The Hall–Kier alpha value is -1.62. The zero-order valence-electron chi connectivity index (χ0n) is 9.26. The second-order valence-electron chi connectivity index (χ2n) is 3.40. The van der Waals surface area contributed by atoms with Gasteiger partial charge in [0.25, 0.3) is 0 Å². The monoisotopic (exact) mass is 250 g/mol. The predicted octanol–water partition coefficient (Wildman–Crippen LogP) is 3.01. The Kier molecular flexibility index (Phi) is 3.58. The summed E-state index contributed by atoms with van der Waals surface area (Å²) in [6.45, 7) is 2.82. The van der Waals surface area contributed by atoms with Gasteiger partial charge in [-0.2, -0.15) is 0 Å². The van der Waals surface area contributed by atoms with Crippen molar-refractivity contribution in [1.82, 2.24) is 9.55 Å². The van der Waals surface area contributed by atoms with E-state index in [4.69, 9.17) is 0 Å². The second kappa shape index (κ2) is 5.14. The average molecular weight is 250 g/mol. The maximum Gasteiger partial charge on any atom is 0.172 e. The largest absolute Gasteiger partial charge is 0.326 e. The SMILES string of the molecule is CCn1ccnc1Sc1ccc(F)cc1C=O. The molecule has 0 atom stereocenters. The molecule has 5 heteroatoms. The Labute approximate surface area is 103 Å². The smallest absolute Gasteiger partial charge is 0.172 e. The number of carbonyl (C=O) groups is 1. The molecule has 17 heavy (non-hydrogen) atoms. The number of aromatic nitrogens is 2. The van der Waals surface area contributed by atoms with Crippen LogP contribution < -0.4 is 0 Å². The van der Waals surface area contributed by atoms with E-state index in [1.54, 1.807) is 12.3 Å². The van der Waals surface area contributed by atoms with Crippen molar-refractivity contribution in [2.24, 2.45) is 0 Å². The Balaban J connectivity index is 2.33. The van der Waals surface area contributed by atoms with Crippen molar-refractivity contribution in [2.75, 3.05) is 0 Å². The van der Waals surface area contributed by atoms with E-state index >= 15 is 0 Å². The molecule has 0 N–H and O–H groups in total. The number of hydrogen-bond donors (Lipinski definition) is 0. The topological polar surface area (TPSA) is 34.9 Å². The summed E-state index contributed by atoms with van der Waals surface area (Å²) in [5, 5.41) is 0.794. The number of nitrogens with zero attached hydrogens (tertiary/aromatic N) is 2. The third-order valence-corrected chi connectivity index (χ3v) is 3.43. The molecule has 0 aliphatic heterocycles. The summed E-state index contributed by atoms with van der Waals surface area (Å²) in [4.78, 5) is 15.8. The highest BCUT2D eigenvalue weighted by Crippen LogP contribution is 2.29. The number of aldehydes is 1. The molecule has 0 spiro atoms. The van der Waals surface area contributed by atoms with Crippen LogP contribution in [0.1, 0.15) is 17.3 Å². The van der Waals surface area contributed by atoms with Gasteiger partial charge in [-0.15, -0.1) is 0 Å². The average Bonchev–Trinajstić information content (AvgIpc) is 2.78. The zero-order valence-corrected chi connectivity index (χ0v) is 10.1. The van der Waals surface area contributed by atoms with Crippen molar-refractivity contribution in [3.05, 3.63) is 42.0 Å². The Morgan fingerprint density at radius 3 is 3.06 bits per heavy atom. The molecule has 0 aliphatic carbocycles. The van der Waals surface area contributed by atoms with Gasteiger partial charge in [-0.1, -0.05) is 11.8 Å². The van der Waals surface area contributed by atoms with Gasteiger partial charge in [0.05, 0.1) is 0 Å². The van der Waals surface area contributed by atoms with Crippen LogP contribution in [0.4, 0.5) is 4.39 Å². The zero-order chi connectivity index (χ0) is 12.3. The number of halogens is 1. The number of carbonyl (C=O) groups excluding carboxylic acids is 1. The summed E-state index contributed by atoms with van der Waals surface area (Å²) >= 11 is 1.36. The van der Waals surface area contributed by atoms with E-state index in [-0.39, 0.29) is 0 Å².